The van der Waals surface area contributed by atoms with Crippen LogP contribution in [0, 0.1) is 12.8 Å². The zero-order chi connectivity index (χ0) is 26.7. The van der Waals surface area contributed by atoms with Crippen molar-refractivity contribution in [2.45, 2.75) is 58.5 Å². The number of anilines is 3. The predicted octanol–water partition coefficient (Wildman–Crippen LogP) is 4.32. The highest BCUT2D eigenvalue weighted by molar-refractivity contribution is 7.13. The standard InChI is InChI=1S/C26H32FN7O2S/c1-5-17(18-8-9-18)11-19(27)15(3)25(36)31-20-7-6-10-34(16(20)4)21-12-29-22(23(28)35)24(32-21)33-26-30-14(2)13-37-26/h5,11-13,16,18,20H,1,6-10H2,2-4H3,(H2,28,35)(H,31,36)(H,30,32,33)/b17-11+,19-15-/t16-,20-/m1/s1. The SMILES string of the molecule is C=C/C(=C\C(F)=C(/C)C(=O)N[C@@H]1CCCN(c2cnc(C(N)=O)c(Nc3nc(C)cs3)n2)[C@@H]1C)C1CC1. The van der Waals surface area contributed by atoms with Crippen LogP contribution in [0.3, 0.4) is 0 Å². The molecule has 1 aliphatic carbocycles. The number of allylic oxidation sites excluding steroid dienone is 4. The van der Waals surface area contributed by atoms with Crippen molar-refractivity contribution in [1.29, 1.82) is 0 Å². The molecular formula is C26H32FN7O2S. The second-order valence-electron chi connectivity index (χ2n) is 9.46. The third-order valence-electron chi connectivity index (χ3n) is 6.71. The van der Waals surface area contributed by atoms with E-state index >= 15 is 0 Å². The van der Waals surface area contributed by atoms with Gasteiger partial charge in [-0.3, -0.25) is 9.59 Å². The zero-order valence-corrected chi connectivity index (χ0v) is 22.1. The highest BCUT2D eigenvalue weighted by Gasteiger charge is 2.32. The van der Waals surface area contributed by atoms with Crippen molar-refractivity contribution in [2.24, 2.45) is 11.7 Å². The summed E-state index contributed by atoms with van der Waals surface area (Å²) in [4.78, 5) is 40.1. The van der Waals surface area contributed by atoms with Crippen LogP contribution in [0.5, 0.6) is 0 Å². The van der Waals surface area contributed by atoms with Gasteiger partial charge in [0.05, 0.1) is 11.9 Å². The van der Waals surface area contributed by atoms with Gasteiger partial charge >= 0.3 is 0 Å². The number of hydrogen-bond donors (Lipinski definition) is 3. The van der Waals surface area contributed by atoms with Gasteiger partial charge in [0.1, 0.15) is 11.6 Å². The van der Waals surface area contributed by atoms with E-state index in [1.807, 2.05) is 24.1 Å². The van der Waals surface area contributed by atoms with Crippen molar-refractivity contribution < 1.29 is 14.0 Å². The quantitative estimate of drug-likeness (QED) is 0.329. The summed E-state index contributed by atoms with van der Waals surface area (Å²) < 4.78 is 14.8. The van der Waals surface area contributed by atoms with Crippen LogP contribution in [0.2, 0.25) is 0 Å². The number of halogens is 1. The van der Waals surface area contributed by atoms with Gasteiger partial charge in [-0.1, -0.05) is 12.7 Å². The normalized spacial score (nSPS) is 20.8. The summed E-state index contributed by atoms with van der Waals surface area (Å²) >= 11 is 1.38. The molecule has 2 fully saturated rings. The van der Waals surface area contributed by atoms with Crippen molar-refractivity contribution in [3.8, 4) is 0 Å². The summed E-state index contributed by atoms with van der Waals surface area (Å²) in [6.45, 7) is 9.78. The average molecular weight is 526 g/mol. The van der Waals surface area contributed by atoms with Gasteiger partial charge in [0, 0.05) is 29.6 Å². The lowest BCUT2D eigenvalue weighted by Crippen LogP contribution is -2.54. The molecule has 0 unspecified atom stereocenters. The molecule has 2 aliphatic rings. The largest absolute Gasteiger partial charge is 0.364 e. The molecule has 2 aromatic rings. The number of carbonyl (C=O) groups is 2. The fraction of sp³-hybridized carbons (Fsp3) is 0.423. The summed E-state index contributed by atoms with van der Waals surface area (Å²) in [5.41, 5.74) is 7.24. The molecule has 1 aliphatic heterocycles. The van der Waals surface area contributed by atoms with E-state index in [2.05, 4.69) is 32.2 Å². The number of aryl methyl sites for hydroxylation is 1. The van der Waals surface area contributed by atoms with Crippen LogP contribution in [0.25, 0.3) is 0 Å². The molecule has 196 valence electrons. The number of rotatable bonds is 9. The van der Waals surface area contributed by atoms with E-state index in [0.717, 1.165) is 37.0 Å². The highest BCUT2D eigenvalue weighted by atomic mass is 32.1. The van der Waals surface area contributed by atoms with Crippen LogP contribution in [-0.4, -0.2) is 45.4 Å². The number of primary amides is 1. The van der Waals surface area contributed by atoms with Gasteiger partial charge in [0.2, 0.25) is 5.91 Å². The van der Waals surface area contributed by atoms with Gasteiger partial charge in [-0.05, 0) is 64.0 Å². The number of nitrogens with zero attached hydrogens (tertiary/aromatic N) is 4. The first-order valence-electron chi connectivity index (χ1n) is 12.3. The van der Waals surface area contributed by atoms with E-state index in [0.29, 0.717) is 23.4 Å². The third-order valence-corrected chi connectivity index (χ3v) is 7.59. The van der Waals surface area contributed by atoms with Gasteiger partial charge in [-0.25, -0.2) is 19.3 Å². The number of hydrogen-bond acceptors (Lipinski definition) is 8. The van der Waals surface area contributed by atoms with Crippen LogP contribution in [0.1, 0.15) is 55.7 Å². The van der Waals surface area contributed by atoms with Gasteiger partial charge in [0.25, 0.3) is 5.91 Å². The van der Waals surface area contributed by atoms with Gasteiger partial charge in [-0.2, -0.15) is 0 Å². The molecule has 0 spiro atoms. The smallest absolute Gasteiger partial charge is 0.271 e. The minimum atomic E-state index is -0.703. The van der Waals surface area contributed by atoms with E-state index < -0.39 is 17.6 Å². The number of amides is 2. The molecule has 11 heteroatoms. The third kappa shape index (κ3) is 6.22. The Morgan fingerprint density at radius 3 is 2.68 bits per heavy atom. The van der Waals surface area contributed by atoms with Gasteiger partial charge in [0.15, 0.2) is 16.6 Å². The van der Waals surface area contributed by atoms with E-state index in [-0.39, 0.29) is 29.2 Å². The molecule has 2 amide bonds. The molecule has 9 nitrogen and oxygen atoms in total. The molecule has 2 aromatic heterocycles. The summed E-state index contributed by atoms with van der Waals surface area (Å²) in [5.74, 6) is -0.588. The number of nitrogens with one attached hydrogen (secondary N) is 2. The first-order valence-corrected chi connectivity index (χ1v) is 13.2. The molecule has 3 heterocycles. The molecule has 2 atom stereocenters. The Morgan fingerprint density at radius 1 is 1.30 bits per heavy atom. The topological polar surface area (TPSA) is 126 Å². The average Bonchev–Trinajstić information content (AvgIpc) is 3.64. The van der Waals surface area contributed by atoms with Crippen molar-refractivity contribution in [2.75, 3.05) is 16.8 Å². The van der Waals surface area contributed by atoms with Crippen molar-refractivity contribution in [3.05, 3.63) is 58.7 Å². The minimum Gasteiger partial charge on any atom is -0.364 e. The summed E-state index contributed by atoms with van der Waals surface area (Å²) in [5, 5.41) is 8.49. The van der Waals surface area contributed by atoms with Gasteiger partial charge < -0.3 is 21.3 Å². The van der Waals surface area contributed by atoms with Crippen LogP contribution in [0.15, 0.2) is 47.3 Å². The Labute approximate surface area is 219 Å². The fourth-order valence-corrected chi connectivity index (χ4v) is 5.04. The predicted molar refractivity (Wildman–Crippen MR) is 143 cm³/mol. The molecular weight excluding hydrogens is 493 g/mol. The zero-order valence-electron chi connectivity index (χ0n) is 21.3. The summed E-state index contributed by atoms with van der Waals surface area (Å²) in [7, 11) is 0. The van der Waals surface area contributed by atoms with Crippen molar-refractivity contribution in [3.63, 3.8) is 0 Å². The van der Waals surface area contributed by atoms with Crippen molar-refractivity contribution in [1.82, 2.24) is 20.3 Å². The van der Waals surface area contributed by atoms with E-state index in [1.165, 1.54) is 30.5 Å². The Balaban J connectivity index is 1.51. The summed E-state index contributed by atoms with van der Waals surface area (Å²) in [6, 6.07) is -0.381. The van der Waals surface area contributed by atoms with Crippen LogP contribution >= 0.6 is 11.3 Å². The molecule has 0 bridgehead atoms. The lowest BCUT2D eigenvalue weighted by Gasteiger charge is -2.40. The molecule has 37 heavy (non-hydrogen) atoms. The molecule has 0 radical (unpaired) electrons. The minimum absolute atomic E-state index is 0.0144. The summed E-state index contributed by atoms with van der Waals surface area (Å²) in [6.07, 6.45) is 8.16. The fourth-order valence-electron chi connectivity index (χ4n) is 4.36. The monoisotopic (exact) mass is 525 g/mol. The molecule has 1 saturated carbocycles. The first kappa shape index (κ1) is 26.5. The second-order valence-corrected chi connectivity index (χ2v) is 10.3. The number of piperidine rings is 1. The van der Waals surface area contributed by atoms with Crippen molar-refractivity contribution >= 4 is 39.9 Å². The van der Waals surface area contributed by atoms with E-state index in [4.69, 9.17) is 5.73 Å². The van der Waals surface area contributed by atoms with E-state index in [1.54, 1.807) is 6.08 Å². The van der Waals surface area contributed by atoms with Crippen LogP contribution in [-0.2, 0) is 4.79 Å². The lowest BCUT2D eigenvalue weighted by molar-refractivity contribution is -0.118. The van der Waals surface area contributed by atoms with Crippen LogP contribution < -0.4 is 21.3 Å². The first-order chi connectivity index (χ1) is 17.7. The molecule has 4 rings (SSSR count). The Hall–Kier alpha value is -3.60. The maximum absolute atomic E-state index is 14.8. The Bertz CT molecular complexity index is 1270. The van der Waals surface area contributed by atoms with E-state index in [9.17, 15) is 14.0 Å². The lowest BCUT2D eigenvalue weighted by atomic mass is 9.97. The van der Waals surface area contributed by atoms with Crippen LogP contribution in [0.4, 0.5) is 21.2 Å². The molecule has 1 saturated heterocycles. The number of nitrogens with two attached hydrogens (primary N) is 1. The highest BCUT2D eigenvalue weighted by Crippen LogP contribution is 2.37. The molecule has 4 N–H and O–H groups in total. The number of thiazole rings is 1. The Kier molecular flexibility index (Phi) is 8.01. The molecule has 0 aromatic carbocycles. The number of carbonyl (C=O) groups excluding carboxylic acids is 2. The second kappa shape index (κ2) is 11.2. The number of aromatic nitrogens is 3. The Morgan fingerprint density at radius 2 is 2.05 bits per heavy atom. The maximum Gasteiger partial charge on any atom is 0.271 e. The van der Waals surface area contributed by atoms with Gasteiger partial charge in [-0.15, -0.1) is 11.3 Å². The maximum atomic E-state index is 14.8.